The quantitative estimate of drug-likeness (QED) is 0.933. The van der Waals surface area contributed by atoms with Gasteiger partial charge >= 0.3 is 0 Å². The molecule has 0 amide bonds. The largest absolute Gasteiger partial charge is 0.339 e. The molecule has 2 aromatic rings. The molecule has 4 nitrogen and oxygen atoms in total. The molecule has 1 aromatic heterocycles. The maximum atomic E-state index is 6.12. The minimum atomic E-state index is 0.00884. The molecular weight excluding hydrogens is 274 g/mol. The summed E-state index contributed by atoms with van der Waals surface area (Å²) in [6.07, 6.45) is 1.48. The lowest BCUT2D eigenvalue weighted by Crippen LogP contribution is -2.28. The Hall–Kier alpha value is -1.39. The fourth-order valence-electron chi connectivity index (χ4n) is 2.17. The highest BCUT2D eigenvalue weighted by Gasteiger charge is 2.19. The summed E-state index contributed by atoms with van der Waals surface area (Å²) in [7, 11) is 0. The first-order chi connectivity index (χ1) is 9.35. The zero-order valence-electron chi connectivity index (χ0n) is 12.1. The number of hydrogen-bond donors (Lipinski definition) is 1. The van der Waals surface area contributed by atoms with Gasteiger partial charge in [0.2, 0.25) is 11.7 Å². The number of aromatic nitrogens is 2. The van der Waals surface area contributed by atoms with Crippen LogP contribution in [0.3, 0.4) is 0 Å². The number of rotatable bonds is 4. The summed E-state index contributed by atoms with van der Waals surface area (Å²) in [5, 5.41) is 4.58. The molecule has 20 heavy (non-hydrogen) atoms. The molecule has 0 saturated heterocycles. The van der Waals surface area contributed by atoms with E-state index in [0.29, 0.717) is 23.2 Å². The molecule has 1 atom stereocenters. The van der Waals surface area contributed by atoms with Gasteiger partial charge in [-0.2, -0.15) is 4.98 Å². The zero-order chi connectivity index (χ0) is 14.8. The monoisotopic (exact) mass is 293 g/mol. The van der Waals surface area contributed by atoms with Crippen LogP contribution in [-0.2, 0) is 6.42 Å². The SMILES string of the molecule is CC(C)(C)CC(N)Cc1nc(-c2ccccc2Cl)no1. The van der Waals surface area contributed by atoms with E-state index in [9.17, 15) is 0 Å². The van der Waals surface area contributed by atoms with E-state index < -0.39 is 0 Å². The van der Waals surface area contributed by atoms with Crippen molar-refractivity contribution in [2.45, 2.75) is 39.7 Å². The molecule has 0 spiro atoms. The smallest absolute Gasteiger partial charge is 0.228 e. The first-order valence-electron chi connectivity index (χ1n) is 6.68. The minimum absolute atomic E-state index is 0.00884. The van der Waals surface area contributed by atoms with E-state index in [1.54, 1.807) is 6.07 Å². The third-order valence-electron chi connectivity index (χ3n) is 2.89. The Labute approximate surface area is 124 Å². The molecule has 5 heteroatoms. The van der Waals surface area contributed by atoms with Crippen molar-refractivity contribution in [3.63, 3.8) is 0 Å². The van der Waals surface area contributed by atoms with Crippen LogP contribution in [0.15, 0.2) is 28.8 Å². The lowest BCUT2D eigenvalue weighted by atomic mass is 9.87. The van der Waals surface area contributed by atoms with Crippen LogP contribution < -0.4 is 5.73 Å². The molecule has 0 radical (unpaired) electrons. The Morgan fingerprint density at radius 2 is 2.00 bits per heavy atom. The van der Waals surface area contributed by atoms with Crippen LogP contribution in [0.25, 0.3) is 11.4 Å². The van der Waals surface area contributed by atoms with Gasteiger partial charge in [-0.1, -0.05) is 49.7 Å². The summed E-state index contributed by atoms with van der Waals surface area (Å²) >= 11 is 6.11. The van der Waals surface area contributed by atoms with Crippen LogP contribution >= 0.6 is 11.6 Å². The maximum absolute atomic E-state index is 6.12. The molecule has 0 saturated carbocycles. The van der Waals surface area contributed by atoms with Crippen molar-refractivity contribution in [1.29, 1.82) is 0 Å². The predicted octanol–water partition coefficient (Wildman–Crippen LogP) is 3.70. The average Bonchev–Trinajstić information content (AvgIpc) is 2.75. The molecule has 1 aromatic carbocycles. The Morgan fingerprint density at radius 3 is 2.65 bits per heavy atom. The Balaban J connectivity index is 2.08. The molecule has 108 valence electrons. The predicted molar refractivity (Wildman–Crippen MR) is 80.5 cm³/mol. The molecule has 2 rings (SSSR count). The van der Waals surface area contributed by atoms with Gasteiger partial charge in [0.05, 0.1) is 5.02 Å². The van der Waals surface area contributed by atoms with Crippen molar-refractivity contribution in [2.75, 3.05) is 0 Å². The van der Waals surface area contributed by atoms with Crippen molar-refractivity contribution in [2.24, 2.45) is 11.1 Å². The highest BCUT2D eigenvalue weighted by atomic mass is 35.5. The van der Waals surface area contributed by atoms with Crippen molar-refractivity contribution < 1.29 is 4.52 Å². The number of hydrogen-bond acceptors (Lipinski definition) is 4. The van der Waals surface area contributed by atoms with Gasteiger partial charge in [0.15, 0.2) is 0 Å². The van der Waals surface area contributed by atoms with Gasteiger partial charge in [0, 0.05) is 18.0 Å². The molecule has 0 aliphatic carbocycles. The van der Waals surface area contributed by atoms with Crippen LogP contribution in [0.2, 0.25) is 5.02 Å². The van der Waals surface area contributed by atoms with Gasteiger partial charge in [0.1, 0.15) is 0 Å². The van der Waals surface area contributed by atoms with E-state index in [1.165, 1.54) is 0 Å². The van der Waals surface area contributed by atoms with Crippen LogP contribution in [0.5, 0.6) is 0 Å². The van der Waals surface area contributed by atoms with Gasteiger partial charge in [0.25, 0.3) is 0 Å². The molecule has 0 aliphatic rings. The lowest BCUT2D eigenvalue weighted by molar-refractivity contribution is 0.313. The zero-order valence-corrected chi connectivity index (χ0v) is 12.8. The van der Waals surface area contributed by atoms with Crippen LogP contribution in [0.1, 0.15) is 33.1 Å². The highest BCUT2D eigenvalue weighted by molar-refractivity contribution is 6.33. The summed E-state index contributed by atoms with van der Waals surface area (Å²) in [5.74, 6) is 1.06. The standard InChI is InChI=1S/C15H20ClN3O/c1-15(2,3)9-10(17)8-13-18-14(19-20-13)11-6-4-5-7-12(11)16/h4-7,10H,8-9,17H2,1-3H3. The van der Waals surface area contributed by atoms with Crippen molar-refractivity contribution in [3.8, 4) is 11.4 Å². The normalized spacial score (nSPS) is 13.4. The van der Waals surface area contributed by atoms with E-state index in [-0.39, 0.29) is 11.5 Å². The summed E-state index contributed by atoms with van der Waals surface area (Å²) in [6, 6.07) is 7.44. The molecule has 2 N–H and O–H groups in total. The second kappa shape index (κ2) is 5.94. The summed E-state index contributed by atoms with van der Waals surface area (Å²) in [6.45, 7) is 6.49. The maximum Gasteiger partial charge on any atom is 0.228 e. The molecular formula is C15H20ClN3O. The number of nitrogens with two attached hydrogens (primary N) is 1. The van der Waals surface area contributed by atoms with Crippen LogP contribution in [0.4, 0.5) is 0 Å². The Kier molecular flexibility index (Phi) is 4.45. The fourth-order valence-corrected chi connectivity index (χ4v) is 2.39. The summed E-state index contributed by atoms with van der Waals surface area (Å²) < 4.78 is 5.26. The van der Waals surface area contributed by atoms with Gasteiger partial charge in [-0.15, -0.1) is 0 Å². The molecule has 1 heterocycles. The van der Waals surface area contributed by atoms with Crippen molar-refractivity contribution in [3.05, 3.63) is 35.2 Å². The van der Waals surface area contributed by atoms with E-state index in [2.05, 4.69) is 30.9 Å². The minimum Gasteiger partial charge on any atom is -0.339 e. The summed E-state index contributed by atoms with van der Waals surface area (Å²) in [4.78, 5) is 4.37. The second-order valence-electron chi connectivity index (χ2n) is 6.22. The number of nitrogens with zero attached hydrogens (tertiary/aromatic N) is 2. The highest BCUT2D eigenvalue weighted by Crippen LogP contribution is 2.26. The number of halogens is 1. The van der Waals surface area contributed by atoms with E-state index in [4.69, 9.17) is 21.9 Å². The Bertz CT molecular complexity index is 574. The average molecular weight is 294 g/mol. The van der Waals surface area contributed by atoms with Crippen molar-refractivity contribution in [1.82, 2.24) is 10.1 Å². The van der Waals surface area contributed by atoms with E-state index in [0.717, 1.165) is 12.0 Å². The number of benzene rings is 1. The van der Waals surface area contributed by atoms with Gasteiger partial charge in [-0.05, 0) is 24.0 Å². The molecule has 1 unspecified atom stereocenters. The third kappa shape index (κ3) is 4.05. The van der Waals surface area contributed by atoms with Crippen LogP contribution in [0, 0.1) is 5.41 Å². The second-order valence-corrected chi connectivity index (χ2v) is 6.63. The third-order valence-corrected chi connectivity index (χ3v) is 3.22. The van der Waals surface area contributed by atoms with E-state index >= 15 is 0 Å². The van der Waals surface area contributed by atoms with Gasteiger partial charge in [-0.3, -0.25) is 0 Å². The lowest BCUT2D eigenvalue weighted by Gasteiger charge is -2.21. The first-order valence-corrected chi connectivity index (χ1v) is 7.06. The summed E-state index contributed by atoms with van der Waals surface area (Å²) in [5.41, 5.74) is 7.07. The van der Waals surface area contributed by atoms with Crippen molar-refractivity contribution >= 4 is 11.6 Å². The van der Waals surface area contributed by atoms with Gasteiger partial charge < -0.3 is 10.3 Å². The Morgan fingerprint density at radius 1 is 1.30 bits per heavy atom. The molecule has 0 fully saturated rings. The topological polar surface area (TPSA) is 64.9 Å². The molecule has 0 bridgehead atoms. The fraction of sp³-hybridized carbons (Fsp3) is 0.467. The van der Waals surface area contributed by atoms with Crippen LogP contribution in [-0.4, -0.2) is 16.2 Å². The van der Waals surface area contributed by atoms with E-state index in [1.807, 2.05) is 18.2 Å². The first kappa shape index (κ1) is 15.0. The molecule has 0 aliphatic heterocycles. The van der Waals surface area contributed by atoms with Gasteiger partial charge in [-0.25, -0.2) is 0 Å².